The summed E-state index contributed by atoms with van der Waals surface area (Å²) < 4.78 is 27.0. The SMILES string of the molecule is CCS(=O)(=O)N1CCC(n2nc(-c3ccccc3)c(C)cc2=O)CC1. The van der Waals surface area contributed by atoms with Gasteiger partial charge in [0.15, 0.2) is 0 Å². The molecule has 0 amide bonds. The van der Waals surface area contributed by atoms with E-state index in [1.54, 1.807) is 13.0 Å². The van der Waals surface area contributed by atoms with Gasteiger partial charge in [0.25, 0.3) is 5.56 Å². The molecule has 1 aromatic carbocycles. The lowest BCUT2D eigenvalue weighted by atomic mass is 10.1. The van der Waals surface area contributed by atoms with Crippen molar-refractivity contribution >= 4 is 10.0 Å². The van der Waals surface area contributed by atoms with Gasteiger partial charge < -0.3 is 0 Å². The average Bonchev–Trinajstić information content (AvgIpc) is 2.63. The number of aryl methyl sites for hydroxylation is 1. The molecule has 1 aliphatic heterocycles. The van der Waals surface area contributed by atoms with Crippen LogP contribution in [-0.4, -0.2) is 41.3 Å². The first-order valence-corrected chi connectivity index (χ1v) is 10.2. The topological polar surface area (TPSA) is 72.3 Å². The van der Waals surface area contributed by atoms with Gasteiger partial charge in [0.2, 0.25) is 10.0 Å². The van der Waals surface area contributed by atoms with Crippen molar-refractivity contribution in [2.45, 2.75) is 32.7 Å². The van der Waals surface area contributed by atoms with Gasteiger partial charge in [0, 0.05) is 24.7 Å². The smallest absolute Gasteiger partial charge is 0.267 e. The number of hydrogen-bond acceptors (Lipinski definition) is 4. The summed E-state index contributed by atoms with van der Waals surface area (Å²) in [5.41, 5.74) is 2.48. The van der Waals surface area contributed by atoms with Gasteiger partial charge in [0.1, 0.15) is 0 Å². The van der Waals surface area contributed by atoms with Crippen LogP contribution in [0.5, 0.6) is 0 Å². The molecule has 0 spiro atoms. The van der Waals surface area contributed by atoms with E-state index in [2.05, 4.69) is 5.10 Å². The Labute approximate surface area is 148 Å². The lowest BCUT2D eigenvalue weighted by molar-refractivity contribution is 0.255. The lowest BCUT2D eigenvalue weighted by Crippen LogP contribution is -2.42. The number of hydrogen-bond donors (Lipinski definition) is 0. The molecule has 134 valence electrons. The van der Waals surface area contributed by atoms with Gasteiger partial charge in [-0.1, -0.05) is 30.3 Å². The molecule has 0 N–H and O–H groups in total. The maximum absolute atomic E-state index is 12.4. The molecule has 1 aliphatic rings. The highest BCUT2D eigenvalue weighted by Gasteiger charge is 2.28. The molecule has 1 fully saturated rings. The van der Waals surface area contributed by atoms with Crippen LogP contribution in [-0.2, 0) is 10.0 Å². The van der Waals surface area contributed by atoms with Crippen LogP contribution in [0.4, 0.5) is 0 Å². The maximum Gasteiger partial charge on any atom is 0.267 e. The van der Waals surface area contributed by atoms with E-state index in [9.17, 15) is 13.2 Å². The highest BCUT2D eigenvalue weighted by Crippen LogP contribution is 2.25. The Hall–Kier alpha value is -1.99. The fourth-order valence-electron chi connectivity index (χ4n) is 3.25. The van der Waals surface area contributed by atoms with Gasteiger partial charge in [-0.05, 0) is 32.3 Å². The highest BCUT2D eigenvalue weighted by atomic mass is 32.2. The molecule has 0 radical (unpaired) electrons. The van der Waals surface area contributed by atoms with Crippen molar-refractivity contribution in [3.8, 4) is 11.3 Å². The molecule has 0 aliphatic carbocycles. The molecule has 6 nitrogen and oxygen atoms in total. The highest BCUT2D eigenvalue weighted by molar-refractivity contribution is 7.89. The molecule has 7 heteroatoms. The summed E-state index contributed by atoms with van der Waals surface area (Å²) in [6, 6.07) is 11.3. The fourth-order valence-corrected chi connectivity index (χ4v) is 4.38. The van der Waals surface area contributed by atoms with E-state index in [1.165, 1.54) is 8.99 Å². The third kappa shape index (κ3) is 3.67. The van der Waals surface area contributed by atoms with E-state index >= 15 is 0 Å². The van der Waals surface area contributed by atoms with Gasteiger partial charge >= 0.3 is 0 Å². The van der Waals surface area contributed by atoms with E-state index in [1.807, 2.05) is 37.3 Å². The Morgan fingerprint density at radius 1 is 1.16 bits per heavy atom. The monoisotopic (exact) mass is 361 g/mol. The zero-order chi connectivity index (χ0) is 18.0. The number of aromatic nitrogens is 2. The Bertz CT molecular complexity index is 899. The van der Waals surface area contributed by atoms with Crippen LogP contribution in [0.2, 0.25) is 0 Å². The van der Waals surface area contributed by atoms with Crippen molar-refractivity contribution in [2.75, 3.05) is 18.8 Å². The summed E-state index contributed by atoms with van der Waals surface area (Å²) in [6.45, 7) is 4.41. The Morgan fingerprint density at radius 3 is 2.40 bits per heavy atom. The van der Waals surface area contributed by atoms with Crippen molar-refractivity contribution in [2.24, 2.45) is 0 Å². The molecule has 0 saturated carbocycles. The number of rotatable bonds is 4. The zero-order valence-corrected chi connectivity index (χ0v) is 15.4. The summed E-state index contributed by atoms with van der Waals surface area (Å²) in [5.74, 6) is 0.110. The van der Waals surface area contributed by atoms with Crippen LogP contribution in [0.3, 0.4) is 0 Å². The molecule has 3 rings (SSSR count). The van der Waals surface area contributed by atoms with E-state index in [0.29, 0.717) is 25.9 Å². The Kier molecular flexibility index (Phi) is 5.06. The van der Waals surface area contributed by atoms with Crippen LogP contribution >= 0.6 is 0 Å². The normalized spacial score (nSPS) is 16.9. The predicted molar refractivity (Wildman–Crippen MR) is 98.0 cm³/mol. The van der Waals surface area contributed by atoms with Crippen LogP contribution in [0.15, 0.2) is 41.2 Å². The van der Waals surface area contributed by atoms with E-state index in [-0.39, 0.29) is 17.4 Å². The third-order valence-electron chi connectivity index (χ3n) is 4.72. The molecule has 0 atom stereocenters. The second-order valence-electron chi connectivity index (χ2n) is 6.36. The fraction of sp³-hybridized carbons (Fsp3) is 0.444. The van der Waals surface area contributed by atoms with Crippen LogP contribution < -0.4 is 5.56 Å². The van der Waals surface area contributed by atoms with E-state index in [4.69, 9.17) is 0 Å². The number of benzene rings is 1. The lowest BCUT2D eigenvalue weighted by Gasteiger charge is -2.31. The summed E-state index contributed by atoms with van der Waals surface area (Å²) in [4.78, 5) is 12.4. The first-order valence-electron chi connectivity index (χ1n) is 8.56. The molecule has 2 heterocycles. The van der Waals surface area contributed by atoms with Gasteiger partial charge in [0.05, 0.1) is 17.5 Å². The summed E-state index contributed by atoms with van der Waals surface area (Å²) in [5, 5.41) is 4.61. The van der Waals surface area contributed by atoms with Crippen molar-refractivity contribution < 1.29 is 8.42 Å². The molecule has 0 bridgehead atoms. The van der Waals surface area contributed by atoms with Crippen LogP contribution in [0.25, 0.3) is 11.3 Å². The predicted octanol–water partition coefficient (Wildman–Crippen LogP) is 2.21. The molecule has 0 unspecified atom stereocenters. The Balaban J connectivity index is 1.88. The average molecular weight is 361 g/mol. The van der Waals surface area contributed by atoms with E-state index < -0.39 is 10.0 Å². The van der Waals surface area contributed by atoms with Gasteiger partial charge in [-0.15, -0.1) is 0 Å². The molecule has 2 aromatic rings. The molecule has 1 aromatic heterocycles. The zero-order valence-electron chi connectivity index (χ0n) is 14.6. The molecular formula is C18H23N3O3S. The second-order valence-corrected chi connectivity index (χ2v) is 8.61. The summed E-state index contributed by atoms with van der Waals surface area (Å²) in [7, 11) is -3.17. The standard InChI is InChI=1S/C18H23N3O3S/c1-3-25(23,24)20-11-9-16(10-12-20)21-17(22)13-14(2)18(19-21)15-7-5-4-6-8-15/h4-8,13,16H,3,9-12H2,1-2H3. The molecule has 1 saturated heterocycles. The van der Waals surface area contributed by atoms with Crippen molar-refractivity contribution in [1.82, 2.24) is 14.1 Å². The van der Waals surface area contributed by atoms with Gasteiger partial charge in [-0.25, -0.2) is 17.4 Å². The molecule has 25 heavy (non-hydrogen) atoms. The van der Waals surface area contributed by atoms with Gasteiger partial charge in [-0.3, -0.25) is 4.79 Å². The minimum Gasteiger partial charge on any atom is -0.268 e. The van der Waals surface area contributed by atoms with Crippen molar-refractivity contribution in [3.63, 3.8) is 0 Å². The minimum atomic E-state index is -3.17. The molecular weight excluding hydrogens is 338 g/mol. The van der Waals surface area contributed by atoms with Crippen LogP contribution in [0.1, 0.15) is 31.4 Å². The van der Waals surface area contributed by atoms with E-state index in [0.717, 1.165) is 16.8 Å². The second kappa shape index (κ2) is 7.09. The summed E-state index contributed by atoms with van der Waals surface area (Å²) >= 11 is 0. The maximum atomic E-state index is 12.4. The summed E-state index contributed by atoms with van der Waals surface area (Å²) in [6.07, 6.45) is 1.20. The minimum absolute atomic E-state index is 0.0705. The number of sulfonamides is 1. The quantitative estimate of drug-likeness (QED) is 0.837. The first kappa shape index (κ1) is 17.8. The Morgan fingerprint density at radius 2 is 1.80 bits per heavy atom. The van der Waals surface area contributed by atoms with Crippen molar-refractivity contribution in [3.05, 3.63) is 52.3 Å². The largest absolute Gasteiger partial charge is 0.268 e. The number of nitrogens with zero attached hydrogens (tertiary/aromatic N) is 3. The first-order chi connectivity index (χ1) is 11.9. The van der Waals surface area contributed by atoms with Gasteiger partial charge in [-0.2, -0.15) is 5.10 Å². The third-order valence-corrected chi connectivity index (χ3v) is 6.60. The number of piperidine rings is 1. The van der Waals surface area contributed by atoms with Crippen LogP contribution in [0, 0.1) is 6.92 Å². The van der Waals surface area contributed by atoms with Crippen molar-refractivity contribution in [1.29, 1.82) is 0 Å².